The zero-order valence-corrected chi connectivity index (χ0v) is 32.5. The van der Waals surface area contributed by atoms with Crippen LogP contribution in [-0.2, 0) is 19.1 Å². The van der Waals surface area contributed by atoms with Gasteiger partial charge in [0.05, 0.1) is 18.8 Å². The molecule has 5 nitrogen and oxygen atoms in total. The summed E-state index contributed by atoms with van der Waals surface area (Å²) in [5.74, 6) is 0.340. The van der Waals surface area contributed by atoms with Crippen molar-refractivity contribution in [3.63, 3.8) is 0 Å². The molecule has 5 heteroatoms. The lowest BCUT2D eigenvalue weighted by Crippen LogP contribution is -2.44. The van der Waals surface area contributed by atoms with E-state index in [2.05, 4.69) is 62.5 Å². The molecule has 0 spiro atoms. The van der Waals surface area contributed by atoms with Gasteiger partial charge >= 0.3 is 0 Å². The van der Waals surface area contributed by atoms with Crippen LogP contribution >= 0.6 is 0 Å². The van der Waals surface area contributed by atoms with Gasteiger partial charge in [0.1, 0.15) is 5.78 Å². The van der Waals surface area contributed by atoms with Crippen molar-refractivity contribution < 1.29 is 19.1 Å². The number of nitrogens with zero attached hydrogens (tertiary/aromatic N) is 1. The van der Waals surface area contributed by atoms with Gasteiger partial charge in [-0.25, -0.2) is 0 Å². The Labute approximate surface area is 303 Å². The molecule has 0 aromatic heterocycles. The maximum Gasteiger partial charge on any atom is 0.218 e. The van der Waals surface area contributed by atoms with E-state index in [0.29, 0.717) is 31.7 Å². The second kappa shape index (κ2) is 33.3. The highest BCUT2D eigenvalue weighted by Gasteiger charge is 2.32. The Hall–Kier alpha value is -1.82. The molecule has 282 valence electrons. The molecule has 3 atom stereocenters. The van der Waals surface area contributed by atoms with Crippen LogP contribution in [-0.4, -0.2) is 55.6 Å². The fourth-order valence-corrected chi connectivity index (χ4v) is 6.32. The van der Waals surface area contributed by atoms with Gasteiger partial charge in [-0.05, 0) is 104 Å². The van der Waals surface area contributed by atoms with Crippen LogP contribution in [0.3, 0.4) is 0 Å². The molecule has 1 saturated heterocycles. The maximum absolute atomic E-state index is 13.2. The van der Waals surface area contributed by atoms with Gasteiger partial charge in [-0.1, -0.05) is 127 Å². The summed E-state index contributed by atoms with van der Waals surface area (Å²) in [6.07, 6.45) is 45.8. The molecule has 0 bridgehead atoms. The minimum atomic E-state index is -0.774. The lowest BCUT2D eigenvalue weighted by Gasteiger charge is -2.33. The third-order valence-electron chi connectivity index (χ3n) is 9.52. The second-order valence-corrected chi connectivity index (χ2v) is 14.4. The van der Waals surface area contributed by atoms with Crippen LogP contribution in [0.25, 0.3) is 0 Å². The fraction of sp³-hybridized carbons (Fsp3) is 0.773. The van der Waals surface area contributed by atoms with Crippen molar-refractivity contribution in [1.82, 2.24) is 4.90 Å². The van der Waals surface area contributed by atoms with E-state index in [1.54, 1.807) is 0 Å². The van der Waals surface area contributed by atoms with Crippen molar-refractivity contribution in [2.45, 2.75) is 199 Å². The van der Waals surface area contributed by atoms with Gasteiger partial charge in [-0.2, -0.15) is 0 Å². The van der Waals surface area contributed by atoms with Crippen LogP contribution < -0.4 is 0 Å². The Kier molecular flexibility index (Phi) is 30.7. The molecule has 0 aromatic rings. The Balaban J connectivity index is 2.15. The monoisotopic (exact) mass is 684 g/mol. The number of ketones is 2. The summed E-state index contributed by atoms with van der Waals surface area (Å²) in [6, 6.07) is -0.174. The lowest BCUT2D eigenvalue weighted by molar-refractivity contribution is -0.213. The van der Waals surface area contributed by atoms with Crippen molar-refractivity contribution >= 4 is 11.6 Å². The number of Topliss-reactive ketones (excluding diaryl/α,β-unsaturated/α-hetero) is 2. The van der Waals surface area contributed by atoms with Gasteiger partial charge in [-0.15, -0.1) is 0 Å². The predicted molar refractivity (Wildman–Crippen MR) is 210 cm³/mol. The Morgan fingerprint density at radius 2 is 1.06 bits per heavy atom. The largest absolute Gasteiger partial charge is 0.346 e. The quantitative estimate of drug-likeness (QED) is 0.0509. The standard InChI is InChI=1S/C44H77NO4/c1-5-7-9-11-13-15-17-19-21-23-25-27-29-31-33-35-42(46)41(45(3)4)39-40-37-38-48-44(49-40)43(47)36-34-32-30-28-26-24-22-20-18-16-14-12-10-8-6-2/h13-16,19-22,40-41,44H,5-12,17-18,23-39H2,1-4H3/b15-13-,16-14-,21-19-,22-20-. The lowest BCUT2D eigenvalue weighted by atomic mass is 9.97. The highest BCUT2D eigenvalue weighted by atomic mass is 16.7. The number of hydrogen-bond acceptors (Lipinski definition) is 5. The number of hydrogen-bond donors (Lipinski definition) is 0. The van der Waals surface area contributed by atoms with E-state index in [-0.39, 0.29) is 17.9 Å². The smallest absolute Gasteiger partial charge is 0.218 e. The predicted octanol–water partition coefficient (Wildman–Crippen LogP) is 12.2. The van der Waals surface area contributed by atoms with Gasteiger partial charge < -0.3 is 9.47 Å². The minimum absolute atomic E-state index is 0.0493. The van der Waals surface area contributed by atoms with Crippen LogP contribution in [0, 0.1) is 0 Å². The summed E-state index contributed by atoms with van der Waals surface area (Å²) in [6.45, 7) is 5.01. The molecule has 49 heavy (non-hydrogen) atoms. The zero-order chi connectivity index (χ0) is 35.6. The molecule has 1 fully saturated rings. The van der Waals surface area contributed by atoms with Gasteiger partial charge in [0.2, 0.25) is 6.29 Å². The van der Waals surface area contributed by atoms with Crippen molar-refractivity contribution in [2.75, 3.05) is 20.7 Å². The first-order chi connectivity index (χ1) is 24.0. The molecular weight excluding hydrogens is 606 g/mol. The van der Waals surface area contributed by atoms with E-state index in [1.807, 2.05) is 19.0 Å². The first kappa shape index (κ1) is 45.2. The number of unbranched alkanes of at least 4 members (excludes halogenated alkanes) is 16. The van der Waals surface area contributed by atoms with E-state index < -0.39 is 6.29 Å². The molecule has 3 unspecified atom stereocenters. The van der Waals surface area contributed by atoms with Gasteiger partial charge in [0.25, 0.3) is 0 Å². The molecule has 1 rings (SSSR count). The molecule has 1 aliphatic rings. The fourth-order valence-electron chi connectivity index (χ4n) is 6.32. The SMILES string of the molecule is CCCCC/C=C\C/C=C\CCCCCCCC(=O)C1OCCC(CC(C(=O)CCCCCCC/C=C\C/C=C\CCCCC)N(C)C)O1. The van der Waals surface area contributed by atoms with Crippen molar-refractivity contribution in [3.05, 3.63) is 48.6 Å². The van der Waals surface area contributed by atoms with Crippen LogP contribution in [0.2, 0.25) is 0 Å². The van der Waals surface area contributed by atoms with Gasteiger partial charge in [0.15, 0.2) is 5.78 Å². The van der Waals surface area contributed by atoms with E-state index in [9.17, 15) is 9.59 Å². The van der Waals surface area contributed by atoms with E-state index in [1.165, 1.54) is 83.5 Å². The van der Waals surface area contributed by atoms with Gasteiger partial charge in [0, 0.05) is 12.8 Å². The number of ether oxygens (including phenoxy) is 2. The highest BCUT2D eigenvalue weighted by Crippen LogP contribution is 2.22. The van der Waals surface area contributed by atoms with Crippen LogP contribution in [0.15, 0.2) is 48.6 Å². The first-order valence-corrected chi connectivity index (χ1v) is 20.6. The number of likely N-dealkylation sites (N-methyl/N-ethyl adjacent to an activating group) is 1. The zero-order valence-electron chi connectivity index (χ0n) is 32.5. The molecule has 0 saturated carbocycles. The van der Waals surface area contributed by atoms with Crippen molar-refractivity contribution in [1.29, 1.82) is 0 Å². The van der Waals surface area contributed by atoms with Crippen LogP contribution in [0.1, 0.15) is 181 Å². The number of allylic oxidation sites excluding steroid dienone is 8. The Morgan fingerprint density at radius 3 is 1.55 bits per heavy atom. The molecule has 0 N–H and O–H groups in total. The summed E-state index contributed by atoms with van der Waals surface area (Å²) >= 11 is 0. The Morgan fingerprint density at radius 1 is 0.612 bits per heavy atom. The normalized spacial score (nSPS) is 17.8. The summed E-state index contributed by atoms with van der Waals surface area (Å²) < 4.78 is 11.8. The third kappa shape index (κ3) is 26.6. The summed E-state index contributed by atoms with van der Waals surface area (Å²) in [5.41, 5.74) is 0. The molecule has 0 aliphatic carbocycles. The number of carbonyl (C=O) groups excluding carboxylic acids is 2. The Bertz CT molecular complexity index is 905. The molecule has 0 aromatic carbocycles. The first-order valence-electron chi connectivity index (χ1n) is 20.6. The maximum atomic E-state index is 13.2. The molecule has 1 heterocycles. The topological polar surface area (TPSA) is 55.8 Å². The average molecular weight is 684 g/mol. The molecule has 0 amide bonds. The third-order valence-corrected chi connectivity index (χ3v) is 9.52. The summed E-state index contributed by atoms with van der Waals surface area (Å²) in [4.78, 5) is 28.0. The molecular formula is C44H77NO4. The van der Waals surface area contributed by atoms with Crippen molar-refractivity contribution in [3.8, 4) is 0 Å². The number of carbonyl (C=O) groups is 2. The van der Waals surface area contributed by atoms with E-state index in [4.69, 9.17) is 9.47 Å². The summed E-state index contributed by atoms with van der Waals surface area (Å²) in [7, 11) is 3.95. The average Bonchev–Trinajstić information content (AvgIpc) is 3.10. The van der Waals surface area contributed by atoms with Crippen LogP contribution in [0.4, 0.5) is 0 Å². The molecule has 0 radical (unpaired) electrons. The van der Waals surface area contributed by atoms with Crippen LogP contribution in [0.5, 0.6) is 0 Å². The summed E-state index contributed by atoms with van der Waals surface area (Å²) in [5, 5.41) is 0. The van der Waals surface area contributed by atoms with Gasteiger partial charge in [-0.3, -0.25) is 14.5 Å². The van der Waals surface area contributed by atoms with Crippen molar-refractivity contribution in [2.24, 2.45) is 0 Å². The van der Waals surface area contributed by atoms with E-state index in [0.717, 1.165) is 64.2 Å². The second-order valence-electron chi connectivity index (χ2n) is 14.4. The molecule has 1 aliphatic heterocycles. The number of rotatable bonds is 33. The highest BCUT2D eigenvalue weighted by molar-refractivity contribution is 5.84. The minimum Gasteiger partial charge on any atom is -0.346 e. The van der Waals surface area contributed by atoms with E-state index >= 15 is 0 Å².